The molecule has 2 nitrogen and oxygen atoms in total. The lowest BCUT2D eigenvalue weighted by Gasteiger charge is -2.49. The highest BCUT2D eigenvalue weighted by Gasteiger charge is 2.60. The molecule has 1 saturated heterocycles. The molecule has 4 heteroatoms. The summed E-state index contributed by atoms with van der Waals surface area (Å²) in [5.41, 5.74) is 15.1. The molecule has 0 amide bonds. The molecule has 54 heavy (non-hydrogen) atoms. The number of benzene rings is 7. The first-order valence-electron chi connectivity index (χ1n) is 19.1. The Kier molecular flexibility index (Phi) is 5.93. The van der Waals surface area contributed by atoms with E-state index in [1.165, 1.54) is 86.9 Å². The van der Waals surface area contributed by atoms with Crippen LogP contribution in [0.15, 0.2) is 152 Å². The van der Waals surface area contributed by atoms with Crippen molar-refractivity contribution in [2.24, 2.45) is 0 Å². The molecule has 1 aromatic heterocycles. The van der Waals surface area contributed by atoms with E-state index in [1.54, 1.807) is 0 Å². The van der Waals surface area contributed by atoms with Gasteiger partial charge in [-0.05, 0) is 112 Å². The highest BCUT2D eigenvalue weighted by molar-refractivity contribution is 7.25. The maximum atomic E-state index is 6.67. The first-order valence-corrected chi connectivity index (χ1v) is 19.9. The van der Waals surface area contributed by atoms with E-state index in [2.05, 4.69) is 179 Å². The van der Waals surface area contributed by atoms with Crippen LogP contribution in [0.2, 0.25) is 0 Å². The van der Waals surface area contributed by atoms with E-state index in [1.807, 2.05) is 11.3 Å². The van der Waals surface area contributed by atoms with Gasteiger partial charge >= 0.3 is 7.12 Å². The standard InChI is InChI=1S/C50H37BO2S/c1-47(2)48(3,4)53-51(52-47)30-25-27-38-35(29-30)33-26-28-44-45(34-17-7-14-24-43(34)54-44)46(33)50(38)41-22-12-10-20-39(41)49(40-21-11-13-23-42(40)50)36-18-8-5-15-31(36)32-16-6-9-19-37(32)49/h5-29H,1-4H3. The molecule has 0 saturated carbocycles. The molecule has 258 valence electrons. The highest BCUT2D eigenvalue weighted by Crippen LogP contribution is 2.68. The van der Waals surface area contributed by atoms with E-state index in [0.717, 1.165) is 5.46 Å². The molecule has 0 N–H and O–H groups in total. The van der Waals surface area contributed by atoms with Gasteiger partial charge in [0.25, 0.3) is 0 Å². The predicted molar refractivity (Wildman–Crippen MR) is 223 cm³/mol. The Morgan fingerprint density at radius 2 is 0.926 bits per heavy atom. The van der Waals surface area contributed by atoms with Crippen LogP contribution in [0, 0.1) is 0 Å². The SMILES string of the molecule is CC1(C)OB(c2ccc3c(c2)-c2ccc4sc5ccccc5c4c2C32c3ccccc3C3(c4ccccc4-c4ccccc43)c3ccccc32)OC1(C)C. The van der Waals surface area contributed by atoms with Gasteiger partial charge in [0.2, 0.25) is 0 Å². The summed E-state index contributed by atoms with van der Waals surface area (Å²) < 4.78 is 16.0. The van der Waals surface area contributed by atoms with Crippen LogP contribution in [0.25, 0.3) is 42.4 Å². The van der Waals surface area contributed by atoms with Crippen molar-refractivity contribution in [3.8, 4) is 22.3 Å². The quantitative estimate of drug-likeness (QED) is 0.158. The Labute approximate surface area is 320 Å². The van der Waals surface area contributed by atoms with Crippen LogP contribution in [0.1, 0.15) is 72.2 Å². The number of thiophene rings is 1. The van der Waals surface area contributed by atoms with Gasteiger partial charge in [0.05, 0.1) is 22.0 Å². The molecule has 0 bridgehead atoms. The van der Waals surface area contributed by atoms with Crippen LogP contribution >= 0.6 is 11.3 Å². The lowest BCUT2D eigenvalue weighted by molar-refractivity contribution is 0.00578. The molecule has 1 fully saturated rings. The highest BCUT2D eigenvalue weighted by atomic mass is 32.1. The number of fused-ring (bicyclic) bond motifs is 20. The smallest absolute Gasteiger partial charge is 0.399 e. The average molecular weight is 713 g/mol. The lowest BCUT2D eigenvalue weighted by atomic mass is 9.52. The molecule has 0 unspecified atom stereocenters. The summed E-state index contributed by atoms with van der Waals surface area (Å²) in [7, 11) is -0.452. The summed E-state index contributed by atoms with van der Waals surface area (Å²) in [4.78, 5) is 0. The summed E-state index contributed by atoms with van der Waals surface area (Å²) in [5.74, 6) is 0. The number of hydrogen-bond donors (Lipinski definition) is 0. The average Bonchev–Trinajstić information content (AvgIpc) is 3.87. The number of rotatable bonds is 1. The van der Waals surface area contributed by atoms with Crippen molar-refractivity contribution < 1.29 is 9.31 Å². The lowest BCUT2D eigenvalue weighted by Crippen LogP contribution is -2.44. The first-order chi connectivity index (χ1) is 26.3. The summed E-state index contributed by atoms with van der Waals surface area (Å²) in [6.45, 7) is 8.53. The minimum atomic E-state index is -0.576. The van der Waals surface area contributed by atoms with Crippen molar-refractivity contribution >= 4 is 44.1 Å². The van der Waals surface area contributed by atoms with Crippen LogP contribution in [0.4, 0.5) is 0 Å². The zero-order chi connectivity index (χ0) is 36.2. The first kappa shape index (κ1) is 31.1. The molecular formula is C50H37BO2S. The van der Waals surface area contributed by atoms with Crippen molar-refractivity contribution in [1.29, 1.82) is 0 Å². The van der Waals surface area contributed by atoms with Crippen LogP contribution in [0.3, 0.4) is 0 Å². The van der Waals surface area contributed by atoms with Gasteiger partial charge in [0.15, 0.2) is 0 Å². The molecule has 1 aliphatic heterocycles. The van der Waals surface area contributed by atoms with Gasteiger partial charge in [-0.2, -0.15) is 0 Å². The van der Waals surface area contributed by atoms with Gasteiger partial charge in [-0.1, -0.05) is 140 Å². The van der Waals surface area contributed by atoms with Gasteiger partial charge in [0, 0.05) is 20.2 Å². The third-order valence-corrected chi connectivity index (χ3v) is 14.7. The van der Waals surface area contributed by atoms with Crippen LogP contribution < -0.4 is 5.46 Å². The Balaban J connectivity index is 1.25. The van der Waals surface area contributed by atoms with Crippen molar-refractivity contribution in [3.05, 3.63) is 196 Å². The second-order valence-corrected chi connectivity index (χ2v) is 17.6. The van der Waals surface area contributed by atoms with Gasteiger partial charge < -0.3 is 9.31 Å². The van der Waals surface area contributed by atoms with Crippen molar-refractivity contribution in [2.75, 3.05) is 0 Å². The van der Waals surface area contributed by atoms with Crippen LogP contribution in [-0.2, 0) is 20.1 Å². The van der Waals surface area contributed by atoms with E-state index in [4.69, 9.17) is 9.31 Å². The molecule has 3 aliphatic carbocycles. The monoisotopic (exact) mass is 712 g/mol. The van der Waals surface area contributed by atoms with Gasteiger partial charge in [-0.3, -0.25) is 0 Å². The molecule has 8 aromatic rings. The van der Waals surface area contributed by atoms with E-state index >= 15 is 0 Å². The molecular weight excluding hydrogens is 675 g/mol. The topological polar surface area (TPSA) is 18.5 Å². The van der Waals surface area contributed by atoms with Crippen molar-refractivity contribution in [1.82, 2.24) is 0 Å². The normalized spacial score (nSPS) is 18.4. The minimum Gasteiger partial charge on any atom is -0.399 e. The maximum Gasteiger partial charge on any atom is 0.494 e. The Morgan fingerprint density at radius 3 is 1.54 bits per heavy atom. The molecule has 2 spiro atoms. The largest absolute Gasteiger partial charge is 0.494 e. The third kappa shape index (κ3) is 3.52. The van der Waals surface area contributed by atoms with Gasteiger partial charge in [-0.25, -0.2) is 0 Å². The fourth-order valence-electron chi connectivity index (χ4n) is 10.7. The van der Waals surface area contributed by atoms with Crippen LogP contribution in [0.5, 0.6) is 0 Å². The molecule has 0 atom stereocenters. The van der Waals surface area contributed by atoms with E-state index < -0.39 is 29.2 Å². The molecule has 7 aromatic carbocycles. The summed E-state index contributed by atoms with van der Waals surface area (Å²) in [6.07, 6.45) is 0. The van der Waals surface area contributed by atoms with Gasteiger partial charge in [-0.15, -0.1) is 11.3 Å². The minimum absolute atomic E-state index is 0.430. The van der Waals surface area contributed by atoms with Crippen LogP contribution in [-0.4, -0.2) is 18.3 Å². The second-order valence-electron chi connectivity index (χ2n) is 16.5. The van der Waals surface area contributed by atoms with Crippen molar-refractivity contribution in [2.45, 2.75) is 49.7 Å². The number of hydrogen-bond acceptors (Lipinski definition) is 3. The fraction of sp³-hybridized carbons (Fsp3) is 0.160. The molecule has 12 rings (SSSR count). The molecule has 2 heterocycles. The predicted octanol–water partition coefficient (Wildman–Crippen LogP) is 11.4. The zero-order valence-electron chi connectivity index (χ0n) is 30.7. The van der Waals surface area contributed by atoms with Gasteiger partial charge in [0.1, 0.15) is 0 Å². The molecule has 0 radical (unpaired) electrons. The van der Waals surface area contributed by atoms with E-state index in [-0.39, 0.29) is 0 Å². The van der Waals surface area contributed by atoms with E-state index in [9.17, 15) is 0 Å². The molecule has 4 aliphatic rings. The summed E-state index contributed by atoms with van der Waals surface area (Å²) in [5, 5.41) is 2.67. The Bertz CT molecular complexity index is 2820. The fourth-order valence-corrected chi connectivity index (χ4v) is 11.9. The summed E-state index contributed by atoms with van der Waals surface area (Å²) >= 11 is 1.90. The third-order valence-electron chi connectivity index (χ3n) is 13.6. The van der Waals surface area contributed by atoms with E-state index in [0.29, 0.717) is 0 Å². The zero-order valence-corrected chi connectivity index (χ0v) is 31.6. The Morgan fingerprint density at radius 1 is 0.426 bits per heavy atom. The van der Waals surface area contributed by atoms with Crippen molar-refractivity contribution in [3.63, 3.8) is 0 Å². The summed E-state index contributed by atoms with van der Waals surface area (Å²) in [6, 6.07) is 57.7. The Hall–Kier alpha value is -5.26. The second kappa shape index (κ2) is 10.3. The maximum absolute atomic E-state index is 6.67.